The summed E-state index contributed by atoms with van der Waals surface area (Å²) in [5, 5.41) is 0. The van der Waals surface area contributed by atoms with Crippen LogP contribution in [-0.4, -0.2) is 39.0 Å². The maximum absolute atomic E-state index is 12.5. The Morgan fingerprint density at radius 2 is 1.69 bits per heavy atom. The molecule has 1 aliphatic heterocycles. The Bertz CT molecular complexity index is 789. The predicted molar refractivity (Wildman–Crippen MR) is 107 cm³/mol. The van der Waals surface area contributed by atoms with Crippen molar-refractivity contribution in [2.75, 3.05) is 19.6 Å². The molecule has 1 N–H and O–H groups in total. The summed E-state index contributed by atoms with van der Waals surface area (Å²) >= 11 is 0. The van der Waals surface area contributed by atoms with Crippen LogP contribution in [0.2, 0.25) is 0 Å². The molecule has 0 bridgehead atoms. The zero-order chi connectivity index (χ0) is 18.4. The molecule has 140 valence electrons. The highest BCUT2D eigenvalue weighted by Crippen LogP contribution is 2.21. The molecule has 2 aromatic rings. The van der Waals surface area contributed by atoms with E-state index >= 15 is 0 Å². The summed E-state index contributed by atoms with van der Waals surface area (Å²) in [7, 11) is -3.44. The van der Waals surface area contributed by atoms with Gasteiger partial charge >= 0.3 is 0 Å². The Morgan fingerprint density at radius 1 is 1.00 bits per heavy atom. The molecular formula is C21H28N2O2S. The second-order valence-electron chi connectivity index (χ2n) is 7.02. The SMILES string of the molecule is CC1CCCCN1CCCNS(=O)(=O)c1ccc(-c2ccccc2)cc1. The van der Waals surface area contributed by atoms with Crippen molar-refractivity contribution >= 4 is 10.0 Å². The Morgan fingerprint density at radius 3 is 2.38 bits per heavy atom. The summed E-state index contributed by atoms with van der Waals surface area (Å²) < 4.78 is 27.7. The Labute approximate surface area is 157 Å². The molecule has 1 unspecified atom stereocenters. The first-order chi connectivity index (χ1) is 12.6. The number of rotatable bonds is 7. The van der Waals surface area contributed by atoms with Crippen molar-refractivity contribution in [2.24, 2.45) is 0 Å². The summed E-state index contributed by atoms with van der Waals surface area (Å²) in [6.07, 6.45) is 4.65. The molecule has 1 saturated heterocycles. The molecule has 5 heteroatoms. The normalized spacial score (nSPS) is 18.7. The number of piperidine rings is 1. The smallest absolute Gasteiger partial charge is 0.240 e. The molecule has 26 heavy (non-hydrogen) atoms. The van der Waals surface area contributed by atoms with E-state index in [0.717, 1.165) is 30.6 Å². The molecule has 2 aromatic carbocycles. The van der Waals surface area contributed by atoms with Gasteiger partial charge in [0.2, 0.25) is 10.0 Å². The van der Waals surface area contributed by atoms with Crippen LogP contribution in [0.5, 0.6) is 0 Å². The van der Waals surface area contributed by atoms with Gasteiger partial charge in [-0.2, -0.15) is 0 Å². The standard InChI is InChI=1S/C21H28N2O2S/c1-18-8-5-6-16-23(18)17-7-15-22-26(24,25)21-13-11-20(12-14-21)19-9-3-2-4-10-19/h2-4,9-14,18,22H,5-8,15-17H2,1H3. The predicted octanol–water partition coefficient (Wildman–Crippen LogP) is 3.90. The van der Waals surface area contributed by atoms with E-state index in [1.54, 1.807) is 12.1 Å². The maximum Gasteiger partial charge on any atom is 0.240 e. The van der Waals surface area contributed by atoms with Gasteiger partial charge in [0.05, 0.1) is 4.90 Å². The van der Waals surface area contributed by atoms with Crippen LogP contribution in [0.4, 0.5) is 0 Å². The third-order valence-electron chi connectivity index (χ3n) is 5.13. The lowest BCUT2D eigenvalue weighted by Crippen LogP contribution is -2.39. The van der Waals surface area contributed by atoms with Crippen molar-refractivity contribution in [3.63, 3.8) is 0 Å². The summed E-state index contributed by atoms with van der Waals surface area (Å²) in [4.78, 5) is 2.79. The molecule has 4 nitrogen and oxygen atoms in total. The van der Waals surface area contributed by atoms with E-state index < -0.39 is 10.0 Å². The molecule has 1 fully saturated rings. The van der Waals surface area contributed by atoms with Crippen molar-refractivity contribution in [3.05, 3.63) is 54.6 Å². The van der Waals surface area contributed by atoms with E-state index in [-0.39, 0.29) is 0 Å². The molecule has 0 saturated carbocycles. The average Bonchev–Trinajstić information content (AvgIpc) is 2.67. The van der Waals surface area contributed by atoms with Gasteiger partial charge in [-0.15, -0.1) is 0 Å². The highest BCUT2D eigenvalue weighted by molar-refractivity contribution is 7.89. The monoisotopic (exact) mass is 372 g/mol. The van der Waals surface area contributed by atoms with Gasteiger partial charge in [0.25, 0.3) is 0 Å². The number of nitrogens with one attached hydrogen (secondary N) is 1. The molecule has 0 radical (unpaired) electrons. The fraction of sp³-hybridized carbons (Fsp3) is 0.429. The molecule has 3 rings (SSSR count). The van der Waals surface area contributed by atoms with Gasteiger partial charge in [0.1, 0.15) is 0 Å². The minimum absolute atomic E-state index is 0.323. The molecule has 0 spiro atoms. The number of likely N-dealkylation sites (tertiary alicyclic amines) is 1. The zero-order valence-electron chi connectivity index (χ0n) is 15.4. The highest BCUT2D eigenvalue weighted by Gasteiger charge is 2.18. The summed E-state index contributed by atoms with van der Waals surface area (Å²) in [5.41, 5.74) is 2.10. The second kappa shape index (κ2) is 8.80. The van der Waals surface area contributed by atoms with E-state index in [0.29, 0.717) is 17.5 Å². The maximum atomic E-state index is 12.5. The molecule has 1 atom stereocenters. The summed E-state index contributed by atoms with van der Waals surface area (Å²) in [6.45, 7) is 4.83. The quantitative estimate of drug-likeness (QED) is 0.750. The number of sulfonamides is 1. The first-order valence-electron chi connectivity index (χ1n) is 9.45. The molecular weight excluding hydrogens is 344 g/mol. The van der Waals surface area contributed by atoms with Crippen LogP contribution < -0.4 is 4.72 Å². The van der Waals surface area contributed by atoms with Gasteiger partial charge in [-0.3, -0.25) is 0 Å². The summed E-state index contributed by atoms with van der Waals surface area (Å²) in [5.74, 6) is 0. The van der Waals surface area contributed by atoms with Gasteiger partial charge in [-0.05, 0) is 62.5 Å². The molecule has 0 aliphatic carbocycles. The number of benzene rings is 2. The van der Waals surface area contributed by atoms with E-state index in [1.807, 2.05) is 42.5 Å². The van der Waals surface area contributed by atoms with Gasteiger partial charge in [0.15, 0.2) is 0 Å². The van der Waals surface area contributed by atoms with Crippen LogP contribution >= 0.6 is 0 Å². The van der Waals surface area contributed by atoms with Gasteiger partial charge in [0, 0.05) is 12.6 Å². The molecule has 1 heterocycles. The second-order valence-corrected chi connectivity index (χ2v) is 8.79. The summed E-state index contributed by atoms with van der Waals surface area (Å²) in [6, 6.07) is 17.7. The topological polar surface area (TPSA) is 49.4 Å². The van der Waals surface area contributed by atoms with Crippen molar-refractivity contribution < 1.29 is 8.42 Å². The number of nitrogens with zero attached hydrogens (tertiary/aromatic N) is 1. The van der Waals surface area contributed by atoms with Crippen molar-refractivity contribution in [2.45, 2.75) is 43.5 Å². The Kier molecular flexibility index (Phi) is 6.46. The first kappa shape index (κ1) is 19.1. The van der Waals surface area contributed by atoms with Crippen LogP contribution in [0, 0.1) is 0 Å². The number of hydrogen-bond donors (Lipinski definition) is 1. The van der Waals surface area contributed by atoms with Crippen molar-refractivity contribution in [1.29, 1.82) is 0 Å². The third kappa shape index (κ3) is 4.93. The minimum atomic E-state index is -3.44. The fourth-order valence-corrected chi connectivity index (χ4v) is 4.59. The van der Waals surface area contributed by atoms with Crippen LogP contribution in [0.25, 0.3) is 11.1 Å². The minimum Gasteiger partial charge on any atom is -0.301 e. The Hall–Kier alpha value is -1.69. The highest BCUT2D eigenvalue weighted by atomic mass is 32.2. The largest absolute Gasteiger partial charge is 0.301 e. The van der Waals surface area contributed by atoms with E-state index in [9.17, 15) is 8.42 Å². The molecule has 0 amide bonds. The lowest BCUT2D eigenvalue weighted by molar-refractivity contribution is 0.159. The van der Waals surface area contributed by atoms with E-state index in [1.165, 1.54) is 19.3 Å². The molecule has 0 aromatic heterocycles. The van der Waals surface area contributed by atoms with Crippen molar-refractivity contribution in [1.82, 2.24) is 9.62 Å². The van der Waals surface area contributed by atoms with Crippen LogP contribution in [0.3, 0.4) is 0 Å². The van der Waals surface area contributed by atoms with Crippen LogP contribution in [0.1, 0.15) is 32.6 Å². The van der Waals surface area contributed by atoms with Crippen LogP contribution in [0.15, 0.2) is 59.5 Å². The lowest BCUT2D eigenvalue weighted by atomic mass is 10.0. The first-order valence-corrected chi connectivity index (χ1v) is 10.9. The van der Waals surface area contributed by atoms with E-state index in [4.69, 9.17) is 0 Å². The van der Waals surface area contributed by atoms with Gasteiger partial charge in [-0.1, -0.05) is 48.9 Å². The zero-order valence-corrected chi connectivity index (χ0v) is 16.2. The molecule has 1 aliphatic rings. The number of hydrogen-bond acceptors (Lipinski definition) is 3. The van der Waals surface area contributed by atoms with Crippen molar-refractivity contribution in [3.8, 4) is 11.1 Å². The third-order valence-corrected chi connectivity index (χ3v) is 6.60. The van der Waals surface area contributed by atoms with Crippen LogP contribution in [-0.2, 0) is 10.0 Å². The average molecular weight is 373 g/mol. The lowest BCUT2D eigenvalue weighted by Gasteiger charge is -2.33. The van der Waals surface area contributed by atoms with Gasteiger partial charge < -0.3 is 4.90 Å². The van der Waals surface area contributed by atoms with E-state index in [2.05, 4.69) is 16.5 Å². The van der Waals surface area contributed by atoms with Gasteiger partial charge in [-0.25, -0.2) is 13.1 Å². The Balaban J connectivity index is 1.53. The fourth-order valence-electron chi connectivity index (χ4n) is 3.52.